The fourth-order valence-corrected chi connectivity index (χ4v) is 6.99. The van der Waals surface area contributed by atoms with Crippen LogP contribution < -0.4 is 5.32 Å². The highest BCUT2D eigenvalue weighted by atomic mass is 79.9. The molecule has 12 heteroatoms. The SMILES string of the molecule is C=C(c1ccc(Br)c(Br)c1)[C@@H](OC(=O)N1CCC(N2CCc3ccccc3NC2=O)CC1)C(=O)N1CCN(CCCN(C)C)CC1. The number of halogens is 2. The number of hydrogen-bond acceptors (Lipinski definition) is 6. The molecule has 1 atom stereocenters. The summed E-state index contributed by atoms with van der Waals surface area (Å²) in [6.07, 6.45) is 1.43. The monoisotopic (exact) mass is 758 g/mol. The molecular formula is C34H44Br2N6O4. The lowest BCUT2D eigenvalue weighted by Gasteiger charge is -2.39. The highest BCUT2D eigenvalue weighted by Crippen LogP contribution is 2.30. The maximum Gasteiger partial charge on any atom is 0.410 e. The van der Waals surface area contributed by atoms with Gasteiger partial charge in [0.1, 0.15) is 0 Å². The van der Waals surface area contributed by atoms with Gasteiger partial charge in [0.05, 0.1) is 0 Å². The van der Waals surface area contributed by atoms with Crippen molar-refractivity contribution in [2.75, 3.05) is 78.3 Å². The number of benzene rings is 2. The Hall–Kier alpha value is -2.93. The molecule has 3 heterocycles. The van der Waals surface area contributed by atoms with Gasteiger partial charge in [-0.05, 0) is 114 Å². The maximum atomic E-state index is 14.0. The summed E-state index contributed by atoms with van der Waals surface area (Å²) in [5.41, 5.74) is 3.14. The minimum Gasteiger partial charge on any atom is -0.431 e. The lowest BCUT2D eigenvalue weighted by atomic mass is 10.0. The minimum absolute atomic E-state index is 0.0138. The Morgan fingerprint density at radius 1 is 0.978 bits per heavy atom. The van der Waals surface area contributed by atoms with E-state index in [9.17, 15) is 14.4 Å². The normalized spacial score (nSPS) is 18.5. The van der Waals surface area contributed by atoms with Crippen molar-refractivity contribution in [2.24, 2.45) is 0 Å². The molecular weight excluding hydrogens is 716 g/mol. The van der Waals surface area contributed by atoms with Crippen LogP contribution in [0.1, 0.15) is 30.4 Å². The van der Waals surface area contributed by atoms with Crippen LogP contribution in [0.15, 0.2) is 58.0 Å². The Balaban J connectivity index is 1.22. The summed E-state index contributed by atoms with van der Waals surface area (Å²) in [5.74, 6) is -0.249. The van der Waals surface area contributed by atoms with E-state index in [4.69, 9.17) is 4.74 Å². The fraction of sp³-hybridized carbons (Fsp3) is 0.500. The number of piperazine rings is 1. The Kier molecular flexibility index (Phi) is 11.8. The number of likely N-dealkylation sites (tertiary alicyclic amines) is 1. The third-order valence-electron chi connectivity index (χ3n) is 9.12. The zero-order valence-corrected chi connectivity index (χ0v) is 29.9. The van der Waals surface area contributed by atoms with E-state index >= 15 is 0 Å². The molecule has 3 aliphatic rings. The molecule has 5 rings (SSSR count). The number of fused-ring (bicyclic) bond motifs is 1. The molecule has 4 amide bonds. The van der Waals surface area contributed by atoms with E-state index in [0.717, 1.165) is 64.8 Å². The molecule has 0 aliphatic carbocycles. The minimum atomic E-state index is -1.14. The van der Waals surface area contributed by atoms with Crippen molar-refractivity contribution in [1.29, 1.82) is 0 Å². The first-order chi connectivity index (χ1) is 22.1. The highest BCUT2D eigenvalue weighted by molar-refractivity contribution is 9.13. The van der Waals surface area contributed by atoms with E-state index in [1.54, 1.807) is 9.80 Å². The molecule has 1 N–H and O–H groups in total. The second-order valence-electron chi connectivity index (χ2n) is 12.5. The molecule has 2 saturated heterocycles. The summed E-state index contributed by atoms with van der Waals surface area (Å²) in [4.78, 5) is 50.5. The van der Waals surface area contributed by atoms with E-state index in [0.29, 0.717) is 51.1 Å². The van der Waals surface area contributed by atoms with Gasteiger partial charge in [-0.1, -0.05) is 30.8 Å². The summed E-state index contributed by atoms with van der Waals surface area (Å²) in [5, 5.41) is 3.04. The summed E-state index contributed by atoms with van der Waals surface area (Å²) in [6, 6.07) is 13.4. The number of para-hydroxylation sites is 1. The summed E-state index contributed by atoms with van der Waals surface area (Å²) in [6.45, 7) is 10.4. The average Bonchev–Trinajstić information content (AvgIpc) is 3.22. The van der Waals surface area contributed by atoms with Gasteiger partial charge < -0.3 is 29.7 Å². The molecule has 0 unspecified atom stereocenters. The topological polar surface area (TPSA) is 88.7 Å². The van der Waals surface area contributed by atoms with Crippen LogP contribution in [0.2, 0.25) is 0 Å². The predicted octanol–water partition coefficient (Wildman–Crippen LogP) is 5.38. The van der Waals surface area contributed by atoms with Gasteiger partial charge in [-0.2, -0.15) is 0 Å². The average molecular weight is 761 g/mol. The van der Waals surface area contributed by atoms with Gasteiger partial charge >= 0.3 is 12.1 Å². The Labute approximate surface area is 288 Å². The molecule has 0 aromatic heterocycles. The standard InChI is InChI=1S/C34H44Br2N6O4/c1-24(26-9-10-28(35)29(36)23-26)31(32(43)40-21-19-39(20-22-40)15-6-14-38(2)3)46-34(45)41-16-12-27(13-17-41)42-18-11-25-7-4-5-8-30(25)37-33(42)44/h4-5,7-10,23,27,31H,1,6,11-22H2,2-3H3,(H,37,44)/t31-/m1/s1. The highest BCUT2D eigenvalue weighted by Gasteiger charge is 2.36. The number of anilines is 1. The number of nitrogens with one attached hydrogen (secondary N) is 1. The van der Waals surface area contributed by atoms with Crippen LogP contribution in [0.25, 0.3) is 5.57 Å². The van der Waals surface area contributed by atoms with Gasteiger partial charge in [-0.25, -0.2) is 9.59 Å². The molecule has 0 saturated carbocycles. The summed E-state index contributed by atoms with van der Waals surface area (Å²) >= 11 is 7.04. The zero-order chi connectivity index (χ0) is 32.8. The predicted molar refractivity (Wildman–Crippen MR) is 188 cm³/mol. The molecule has 2 aromatic rings. The smallest absolute Gasteiger partial charge is 0.410 e. The first-order valence-corrected chi connectivity index (χ1v) is 17.6. The molecule has 2 aromatic carbocycles. The maximum absolute atomic E-state index is 14.0. The second-order valence-corrected chi connectivity index (χ2v) is 14.2. The van der Waals surface area contributed by atoms with Gasteiger partial charge in [-0.3, -0.25) is 9.69 Å². The Morgan fingerprint density at radius 3 is 2.39 bits per heavy atom. The van der Waals surface area contributed by atoms with Crippen molar-refractivity contribution in [1.82, 2.24) is 24.5 Å². The van der Waals surface area contributed by atoms with Crippen molar-refractivity contribution < 1.29 is 19.1 Å². The number of hydrogen-bond donors (Lipinski definition) is 1. The summed E-state index contributed by atoms with van der Waals surface area (Å²) in [7, 11) is 4.15. The molecule has 2 fully saturated rings. The molecule has 248 valence electrons. The number of nitrogens with zero attached hydrogens (tertiary/aromatic N) is 5. The van der Waals surface area contributed by atoms with Crippen LogP contribution in [-0.4, -0.2) is 128 Å². The third kappa shape index (κ3) is 8.50. The quantitative estimate of drug-likeness (QED) is 0.370. The molecule has 10 nitrogen and oxygen atoms in total. The van der Waals surface area contributed by atoms with Crippen LogP contribution in [-0.2, 0) is 16.0 Å². The van der Waals surface area contributed by atoms with Crippen molar-refractivity contribution in [3.63, 3.8) is 0 Å². The van der Waals surface area contributed by atoms with Gasteiger partial charge in [0.15, 0.2) is 0 Å². The van der Waals surface area contributed by atoms with Gasteiger partial charge in [-0.15, -0.1) is 0 Å². The number of urea groups is 1. The van der Waals surface area contributed by atoms with Crippen molar-refractivity contribution in [2.45, 2.75) is 37.8 Å². The van der Waals surface area contributed by atoms with Crippen molar-refractivity contribution in [3.05, 3.63) is 69.1 Å². The fourth-order valence-electron chi connectivity index (χ4n) is 6.36. The lowest BCUT2D eigenvalue weighted by Crippen LogP contribution is -2.53. The van der Waals surface area contributed by atoms with E-state index in [-0.39, 0.29) is 18.0 Å². The van der Waals surface area contributed by atoms with E-state index in [1.165, 1.54) is 0 Å². The largest absolute Gasteiger partial charge is 0.431 e. The van der Waals surface area contributed by atoms with Crippen molar-refractivity contribution >= 4 is 61.2 Å². The number of ether oxygens (including phenoxy) is 1. The Bertz CT molecular complexity index is 1420. The van der Waals surface area contributed by atoms with Crippen LogP contribution in [0.5, 0.6) is 0 Å². The molecule has 0 radical (unpaired) electrons. The van der Waals surface area contributed by atoms with Crippen LogP contribution in [0.3, 0.4) is 0 Å². The van der Waals surface area contributed by atoms with Crippen LogP contribution in [0.4, 0.5) is 15.3 Å². The van der Waals surface area contributed by atoms with Gasteiger partial charge in [0, 0.05) is 72.1 Å². The first-order valence-electron chi connectivity index (χ1n) is 16.0. The third-order valence-corrected chi connectivity index (χ3v) is 11.0. The number of carbonyl (C=O) groups is 3. The molecule has 0 spiro atoms. The molecule has 0 bridgehead atoms. The van der Waals surface area contributed by atoms with Crippen LogP contribution in [0, 0.1) is 0 Å². The van der Waals surface area contributed by atoms with Crippen molar-refractivity contribution in [3.8, 4) is 0 Å². The van der Waals surface area contributed by atoms with E-state index < -0.39 is 12.2 Å². The second kappa shape index (κ2) is 15.8. The number of piperidine rings is 1. The number of rotatable bonds is 9. The van der Waals surface area contributed by atoms with E-state index in [1.807, 2.05) is 47.4 Å². The Morgan fingerprint density at radius 2 is 1.70 bits per heavy atom. The number of carbonyl (C=O) groups excluding carboxylic acids is 3. The van der Waals surface area contributed by atoms with E-state index in [2.05, 4.69) is 67.7 Å². The summed E-state index contributed by atoms with van der Waals surface area (Å²) < 4.78 is 7.72. The number of amides is 4. The molecule has 3 aliphatic heterocycles. The van der Waals surface area contributed by atoms with Gasteiger partial charge in [0.25, 0.3) is 5.91 Å². The van der Waals surface area contributed by atoms with Gasteiger partial charge in [0.2, 0.25) is 6.10 Å². The molecule has 46 heavy (non-hydrogen) atoms. The lowest BCUT2D eigenvalue weighted by molar-refractivity contribution is -0.139. The zero-order valence-electron chi connectivity index (χ0n) is 26.7. The first kappa shape index (κ1) is 34.4. The van der Waals surface area contributed by atoms with Crippen LogP contribution >= 0.6 is 31.9 Å².